The number of amides is 1. The van der Waals surface area contributed by atoms with Crippen molar-refractivity contribution in [2.75, 3.05) is 6.61 Å². The first-order valence-electron chi connectivity index (χ1n) is 7.44. The lowest BCUT2D eigenvalue weighted by Crippen LogP contribution is -2.46. The molecule has 1 rings (SSSR count). The second-order valence-electron chi connectivity index (χ2n) is 6.93. The van der Waals surface area contributed by atoms with Gasteiger partial charge in [0, 0.05) is 16.4 Å². The van der Waals surface area contributed by atoms with Crippen molar-refractivity contribution in [2.24, 2.45) is 0 Å². The molecular weight excluding hydrogens is 379 g/mol. The second-order valence-corrected chi connectivity index (χ2v) is 7.78. The average molecular weight is 401 g/mol. The van der Waals surface area contributed by atoms with Gasteiger partial charge in [-0.15, -0.1) is 0 Å². The van der Waals surface area contributed by atoms with Gasteiger partial charge in [0.15, 0.2) is 5.82 Å². The van der Waals surface area contributed by atoms with Crippen LogP contribution < -0.4 is 10.1 Å². The van der Waals surface area contributed by atoms with E-state index in [9.17, 15) is 9.18 Å². The topological polar surface area (TPSA) is 51.9 Å². The van der Waals surface area contributed by atoms with Crippen molar-refractivity contribution in [1.29, 1.82) is 0 Å². The van der Waals surface area contributed by atoms with Gasteiger partial charge in [0.1, 0.15) is 11.4 Å². The summed E-state index contributed by atoms with van der Waals surface area (Å²) in [7, 11) is 0. The number of ether oxygens (including phenoxy) is 2. The standard InChI is InChI=1S/C17H22BrFN2O3/c1-16(2,3)24-15(22)21-17(4,5)9-10-23-12-8-7-11(18)14(20-6)13(12)19/h7-8H,9-10H2,1-5H3,(H,21,22). The monoisotopic (exact) mass is 400 g/mol. The fourth-order valence-electron chi connectivity index (χ4n) is 1.79. The Morgan fingerprint density at radius 3 is 2.50 bits per heavy atom. The molecule has 5 nitrogen and oxygen atoms in total. The van der Waals surface area contributed by atoms with Crippen molar-refractivity contribution in [3.05, 3.63) is 33.8 Å². The van der Waals surface area contributed by atoms with E-state index < -0.39 is 23.1 Å². The normalized spacial score (nSPS) is 11.6. The van der Waals surface area contributed by atoms with E-state index in [1.54, 1.807) is 26.8 Å². The number of nitrogens with one attached hydrogen (secondary N) is 1. The molecule has 1 N–H and O–H groups in total. The van der Waals surface area contributed by atoms with Gasteiger partial charge < -0.3 is 14.8 Å². The van der Waals surface area contributed by atoms with Crippen molar-refractivity contribution in [2.45, 2.75) is 52.2 Å². The first-order valence-corrected chi connectivity index (χ1v) is 8.24. The van der Waals surface area contributed by atoms with E-state index in [2.05, 4.69) is 26.1 Å². The van der Waals surface area contributed by atoms with Crippen LogP contribution in [0.2, 0.25) is 0 Å². The molecule has 0 bridgehead atoms. The Bertz CT molecular complexity index is 648. The third kappa shape index (κ3) is 6.36. The number of carbonyl (C=O) groups excluding carboxylic acids is 1. The molecule has 0 aliphatic heterocycles. The van der Waals surface area contributed by atoms with E-state index in [0.717, 1.165) is 0 Å². The summed E-state index contributed by atoms with van der Waals surface area (Å²) in [4.78, 5) is 14.9. The van der Waals surface area contributed by atoms with Crippen LogP contribution in [0.5, 0.6) is 5.75 Å². The van der Waals surface area contributed by atoms with E-state index in [1.165, 1.54) is 6.07 Å². The quantitative estimate of drug-likeness (QED) is 0.689. The molecule has 0 spiro atoms. The van der Waals surface area contributed by atoms with E-state index in [4.69, 9.17) is 16.0 Å². The predicted octanol–water partition coefficient (Wildman–Crippen LogP) is 5.21. The summed E-state index contributed by atoms with van der Waals surface area (Å²) < 4.78 is 25.1. The molecule has 1 amide bonds. The molecule has 0 aliphatic rings. The molecule has 0 atom stereocenters. The summed E-state index contributed by atoms with van der Waals surface area (Å²) >= 11 is 3.12. The molecule has 0 unspecified atom stereocenters. The molecular formula is C17H22BrFN2O3. The maximum atomic E-state index is 14.1. The Balaban J connectivity index is 2.61. The number of nitrogens with zero attached hydrogens (tertiary/aromatic N) is 1. The lowest BCUT2D eigenvalue weighted by Gasteiger charge is -2.28. The van der Waals surface area contributed by atoms with Crippen LogP contribution >= 0.6 is 15.9 Å². The van der Waals surface area contributed by atoms with Crippen LogP contribution in [0.25, 0.3) is 4.85 Å². The van der Waals surface area contributed by atoms with E-state index in [1.807, 2.05) is 13.8 Å². The first kappa shape index (κ1) is 20.2. The van der Waals surface area contributed by atoms with Gasteiger partial charge in [0.25, 0.3) is 0 Å². The molecule has 0 aromatic heterocycles. The largest absolute Gasteiger partial charge is 0.492 e. The molecule has 0 saturated heterocycles. The van der Waals surface area contributed by atoms with Crippen LogP contribution in [0.4, 0.5) is 14.9 Å². The number of rotatable bonds is 5. The van der Waals surface area contributed by atoms with Gasteiger partial charge >= 0.3 is 6.09 Å². The van der Waals surface area contributed by atoms with Gasteiger partial charge in [-0.3, -0.25) is 0 Å². The van der Waals surface area contributed by atoms with Crippen molar-refractivity contribution in [3.63, 3.8) is 0 Å². The highest BCUT2D eigenvalue weighted by Gasteiger charge is 2.25. The molecule has 0 heterocycles. The Kier molecular flexibility index (Phi) is 6.61. The molecule has 7 heteroatoms. The maximum absolute atomic E-state index is 14.1. The fraction of sp³-hybridized carbons (Fsp3) is 0.529. The third-order valence-corrected chi connectivity index (χ3v) is 3.61. The van der Waals surface area contributed by atoms with Crippen LogP contribution in [-0.4, -0.2) is 23.8 Å². The lowest BCUT2D eigenvalue weighted by molar-refractivity contribution is 0.0461. The van der Waals surface area contributed by atoms with Gasteiger partial charge in [-0.1, -0.05) is 22.0 Å². The summed E-state index contributed by atoms with van der Waals surface area (Å²) in [5.41, 5.74) is -1.27. The number of hydrogen-bond acceptors (Lipinski definition) is 3. The zero-order chi connectivity index (χ0) is 18.5. The highest BCUT2D eigenvalue weighted by molar-refractivity contribution is 9.10. The number of hydrogen-bond donors (Lipinski definition) is 1. The summed E-state index contributed by atoms with van der Waals surface area (Å²) in [5.74, 6) is -0.686. The van der Waals surface area contributed by atoms with Crippen LogP contribution in [0.15, 0.2) is 16.6 Å². The molecule has 1 aromatic carbocycles. The van der Waals surface area contributed by atoms with Crippen molar-refractivity contribution >= 4 is 27.7 Å². The zero-order valence-electron chi connectivity index (χ0n) is 14.5. The summed E-state index contributed by atoms with van der Waals surface area (Å²) in [6.45, 7) is 16.2. The van der Waals surface area contributed by atoms with Gasteiger partial charge in [-0.2, -0.15) is 0 Å². The van der Waals surface area contributed by atoms with Crippen LogP contribution in [0.1, 0.15) is 41.0 Å². The molecule has 132 valence electrons. The average Bonchev–Trinajstić information content (AvgIpc) is 2.38. The Hall–Kier alpha value is -1.81. The van der Waals surface area contributed by atoms with Gasteiger partial charge in [0.2, 0.25) is 5.69 Å². The van der Waals surface area contributed by atoms with Crippen molar-refractivity contribution in [3.8, 4) is 5.75 Å². The first-order chi connectivity index (χ1) is 10.9. The van der Waals surface area contributed by atoms with E-state index in [-0.39, 0.29) is 18.0 Å². The van der Waals surface area contributed by atoms with Crippen LogP contribution in [-0.2, 0) is 4.74 Å². The maximum Gasteiger partial charge on any atom is 0.408 e. The molecule has 24 heavy (non-hydrogen) atoms. The van der Waals surface area contributed by atoms with Crippen molar-refractivity contribution in [1.82, 2.24) is 5.32 Å². The van der Waals surface area contributed by atoms with Crippen LogP contribution in [0, 0.1) is 12.4 Å². The molecule has 1 aromatic rings. The minimum absolute atomic E-state index is 0.0114. The predicted molar refractivity (Wildman–Crippen MR) is 93.9 cm³/mol. The van der Waals surface area contributed by atoms with Crippen molar-refractivity contribution < 1.29 is 18.7 Å². The Morgan fingerprint density at radius 1 is 1.33 bits per heavy atom. The highest BCUT2D eigenvalue weighted by Crippen LogP contribution is 2.34. The summed E-state index contributed by atoms with van der Waals surface area (Å²) in [5, 5.41) is 2.75. The van der Waals surface area contributed by atoms with Gasteiger partial charge in [-0.25, -0.2) is 14.0 Å². The SMILES string of the molecule is [C-]#[N+]c1c(Br)ccc(OCCC(C)(C)NC(=O)OC(C)(C)C)c1F. The molecule has 0 fully saturated rings. The number of benzene rings is 1. The minimum Gasteiger partial charge on any atom is -0.492 e. The lowest BCUT2D eigenvalue weighted by atomic mass is 10.0. The Labute approximate surface area is 150 Å². The van der Waals surface area contributed by atoms with E-state index in [0.29, 0.717) is 10.9 Å². The number of carbonyl (C=O) groups is 1. The molecule has 0 aliphatic carbocycles. The number of alkyl carbamates (subject to hydrolysis) is 1. The van der Waals surface area contributed by atoms with Crippen LogP contribution in [0.3, 0.4) is 0 Å². The summed E-state index contributed by atoms with van der Waals surface area (Å²) in [6.07, 6.45) is -0.0765. The fourth-order valence-corrected chi connectivity index (χ4v) is 2.19. The minimum atomic E-state index is -0.697. The smallest absolute Gasteiger partial charge is 0.408 e. The highest BCUT2D eigenvalue weighted by atomic mass is 79.9. The number of halogens is 2. The third-order valence-electron chi connectivity index (χ3n) is 2.97. The van der Waals surface area contributed by atoms with Gasteiger partial charge in [0.05, 0.1) is 13.2 Å². The molecule has 0 saturated carbocycles. The zero-order valence-corrected chi connectivity index (χ0v) is 16.1. The second kappa shape index (κ2) is 7.84. The van der Waals surface area contributed by atoms with E-state index >= 15 is 0 Å². The van der Waals surface area contributed by atoms with Gasteiger partial charge in [-0.05, 0) is 40.7 Å². The Morgan fingerprint density at radius 2 is 1.96 bits per heavy atom. The summed E-state index contributed by atoms with van der Waals surface area (Å²) in [6, 6.07) is 3.03. The molecule has 0 radical (unpaired) electrons.